The molecule has 33 heavy (non-hydrogen) atoms. The van der Waals surface area contributed by atoms with Gasteiger partial charge in [0.05, 0.1) is 13.7 Å². The Labute approximate surface area is 192 Å². The van der Waals surface area contributed by atoms with Gasteiger partial charge in [0.1, 0.15) is 17.3 Å². The molecule has 3 aromatic rings. The van der Waals surface area contributed by atoms with Crippen LogP contribution in [0.4, 0.5) is 4.79 Å². The van der Waals surface area contributed by atoms with Crippen LogP contribution in [0, 0.1) is 0 Å². The molecule has 3 heterocycles. The van der Waals surface area contributed by atoms with E-state index < -0.39 is 11.6 Å². The van der Waals surface area contributed by atoms with E-state index in [1.165, 1.54) is 4.90 Å². The van der Waals surface area contributed by atoms with Crippen LogP contribution in [0.1, 0.15) is 29.8 Å². The van der Waals surface area contributed by atoms with Crippen LogP contribution in [-0.4, -0.2) is 70.7 Å². The number of benzene rings is 2. The van der Waals surface area contributed by atoms with Gasteiger partial charge in [-0.15, -0.1) is 0 Å². The minimum atomic E-state index is -1.00. The lowest BCUT2D eigenvalue weighted by atomic mass is 9.81. The molecule has 2 aliphatic rings. The van der Waals surface area contributed by atoms with Gasteiger partial charge in [-0.1, -0.05) is 30.3 Å². The van der Waals surface area contributed by atoms with Crippen molar-refractivity contribution in [2.24, 2.45) is 0 Å². The molecule has 2 aliphatic heterocycles. The van der Waals surface area contributed by atoms with Gasteiger partial charge >= 0.3 is 6.03 Å². The third kappa shape index (κ3) is 3.29. The number of H-pyrrole nitrogens is 1. The number of rotatable bonds is 7. The molecular weight excluding hydrogens is 420 g/mol. The average Bonchev–Trinajstić information content (AvgIpc) is 3.28. The Hall–Kier alpha value is -3.36. The Kier molecular flexibility index (Phi) is 5.34. The number of aromatic amines is 1. The fourth-order valence-corrected chi connectivity index (χ4v) is 5.19. The number of hydrogen-bond donors (Lipinski definition) is 3. The third-order valence-electron chi connectivity index (χ3n) is 6.79. The maximum atomic E-state index is 13.7. The maximum Gasteiger partial charge on any atom is 0.328 e. The second-order valence-electron chi connectivity index (χ2n) is 8.78. The summed E-state index contributed by atoms with van der Waals surface area (Å²) in [6, 6.07) is 15.0. The Bertz CT molecular complexity index is 1210. The molecule has 3 N–H and O–H groups in total. The molecule has 172 valence electrons. The van der Waals surface area contributed by atoms with Crippen LogP contribution in [0.3, 0.4) is 0 Å². The molecule has 2 aromatic carbocycles. The number of fused-ring (bicyclic) bond motifs is 4. The van der Waals surface area contributed by atoms with Gasteiger partial charge in [-0.25, -0.2) is 4.79 Å². The van der Waals surface area contributed by atoms with E-state index in [4.69, 9.17) is 9.84 Å². The number of hydrogen-bond acceptors (Lipinski definition) is 5. The van der Waals surface area contributed by atoms with Gasteiger partial charge in [0.25, 0.3) is 5.91 Å². The van der Waals surface area contributed by atoms with E-state index >= 15 is 0 Å². The number of urea groups is 1. The van der Waals surface area contributed by atoms with Crippen molar-refractivity contribution in [2.75, 3.05) is 33.4 Å². The van der Waals surface area contributed by atoms with Crippen molar-refractivity contribution in [1.29, 1.82) is 0 Å². The average molecular weight is 449 g/mol. The molecule has 1 aromatic heterocycles. The first-order valence-electron chi connectivity index (χ1n) is 11.2. The summed E-state index contributed by atoms with van der Waals surface area (Å²) in [6.07, 6.45) is 0.421. The number of nitrogens with zero attached hydrogens (tertiary/aromatic N) is 2. The van der Waals surface area contributed by atoms with Crippen molar-refractivity contribution in [3.63, 3.8) is 0 Å². The minimum Gasteiger partial charge on any atom is -0.497 e. The Balaban J connectivity index is 1.63. The number of aliphatic hydroxyl groups is 1. The molecule has 8 heteroatoms. The monoisotopic (exact) mass is 448 g/mol. The Morgan fingerprint density at radius 3 is 2.70 bits per heavy atom. The SMILES string of the molecule is COc1ccc2[nH]c3c(c2c1)CC1(C)C(=O)N(CCNCCO)C(=O)N1C3c1ccccc1. The first-order valence-corrected chi connectivity index (χ1v) is 11.2. The van der Waals surface area contributed by atoms with E-state index in [1.54, 1.807) is 12.0 Å². The summed E-state index contributed by atoms with van der Waals surface area (Å²) in [5.74, 6) is 0.556. The lowest BCUT2D eigenvalue weighted by Crippen LogP contribution is -2.53. The molecule has 0 radical (unpaired) electrons. The van der Waals surface area contributed by atoms with E-state index in [2.05, 4.69) is 10.3 Å². The number of nitrogens with one attached hydrogen (secondary N) is 2. The van der Waals surface area contributed by atoms with Crippen LogP contribution in [0.15, 0.2) is 48.5 Å². The number of amides is 3. The molecule has 2 atom stereocenters. The lowest BCUT2D eigenvalue weighted by Gasteiger charge is -2.42. The molecule has 8 nitrogen and oxygen atoms in total. The zero-order valence-corrected chi connectivity index (χ0v) is 18.8. The zero-order chi connectivity index (χ0) is 23.2. The zero-order valence-electron chi connectivity index (χ0n) is 18.8. The second-order valence-corrected chi connectivity index (χ2v) is 8.78. The molecule has 0 spiro atoms. The molecule has 3 amide bonds. The van der Waals surface area contributed by atoms with Crippen LogP contribution in [0.25, 0.3) is 10.9 Å². The smallest absolute Gasteiger partial charge is 0.328 e. The molecule has 1 saturated heterocycles. The quantitative estimate of drug-likeness (QED) is 0.381. The first-order chi connectivity index (χ1) is 16.0. The van der Waals surface area contributed by atoms with Crippen molar-refractivity contribution >= 4 is 22.8 Å². The van der Waals surface area contributed by atoms with Crippen LogP contribution >= 0.6 is 0 Å². The molecule has 5 rings (SSSR count). The van der Waals surface area contributed by atoms with Crippen LogP contribution in [0.2, 0.25) is 0 Å². The molecular formula is C25H28N4O4. The number of aliphatic hydroxyl groups excluding tert-OH is 1. The number of aromatic nitrogens is 1. The van der Waals surface area contributed by atoms with Crippen LogP contribution < -0.4 is 10.1 Å². The number of imide groups is 1. The standard InChI is InChI=1S/C25H28N4O4/c1-25-15-19-18-14-17(33-2)8-9-20(18)27-21(19)22(16-6-4-3-5-7-16)29(25)24(32)28(23(25)31)12-10-26-11-13-30/h3-9,14,22,26-27,30H,10-13,15H2,1-2H3. The summed E-state index contributed by atoms with van der Waals surface area (Å²) in [6.45, 7) is 2.98. The van der Waals surface area contributed by atoms with Crippen LogP contribution in [-0.2, 0) is 11.2 Å². The first kappa shape index (κ1) is 21.5. The van der Waals surface area contributed by atoms with Gasteiger partial charge in [-0.05, 0) is 36.2 Å². The molecule has 0 aliphatic carbocycles. The van der Waals surface area contributed by atoms with Crippen molar-refractivity contribution in [3.8, 4) is 5.75 Å². The highest BCUT2D eigenvalue weighted by molar-refractivity contribution is 6.08. The van der Waals surface area contributed by atoms with Gasteiger partial charge in [-0.3, -0.25) is 14.6 Å². The van der Waals surface area contributed by atoms with E-state index in [1.807, 2.05) is 55.5 Å². The summed E-state index contributed by atoms with van der Waals surface area (Å²) < 4.78 is 5.45. The van der Waals surface area contributed by atoms with Gasteiger partial charge in [0, 0.05) is 42.7 Å². The highest BCUT2D eigenvalue weighted by Crippen LogP contribution is 2.48. The number of carbonyl (C=O) groups is 2. The van der Waals surface area contributed by atoms with Crippen molar-refractivity contribution in [3.05, 3.63) is 65.4 Å². The fourth-order valence-electron chi connectivity index (χ4n) is 5.19. The summed E-state index contributed by atoms with van der Waals surface area (Å²) in [5.41, 5.74) is 2.88. The number of methoxy groups -OCH3 is 1. The van der Waals surface area contributed by atoms with Gasteiger partial charge in [0.2, 0.25) is 0 Å². The highest BCUT2D eigenvalue weighted by atomic mass is 16.5. The predicted octanol–water partition coefficient (Wildman–Crippen LogP) is 2.43. The van der Waals surface area contributed by atoms with Gasteiger partial charge in [0.15, 0.2) is 0 Å². The minimum absolute atomic E-state index is 0.00694. The summed E-state index contributed by atoms with van der Waals surface area (Å²) in [4.78, 5) is 33.9. The molecule has 1 fully saturated rings. The van der Waals surface area contributed by atoms with Gasteiger partial charge in [-0.2, -0.15) is 0 Å². The largest absolute Gasteiger partial charge is 0.497 e. The van der Waals surface area contributed by atoms with Crippen molar-refractivity contribution < 1.29 is 19.4 Å². The van der Waals surface area contributed by atoms with E-state index in [0.29, 0.717) is 19.5 Å². The number of ether oxygens (including phenoxy) is 1. The third-order valence-corrected chi connectivity index (χ3v) is 6.79. The van der Waals surface area contributed by atoms with Crippen molar-refractivity contribution in [2.45, 2.75) is 24.9 Å². The maximum absolute atomic E-state index is 13.7. The second kappa shape index (κ2) is 8.20. The Morgan fingerprint density at radius 1 is 1.18 bits per heavy atom. The van der Waals surface area contributed by atoms with Crippen molar-refractivity contribution in [1.82, 2.24) is 20.1 Å². The summed E-state index contributed by atoms with van der Waals surface area (Å²) in [7, 11) is 1.64. The summed E-state index contributed by atoms with van der Waals surface area (Å²) in [5, 5.41) is 13.1. The highest BCUT2D eigenvalue weighted by Gasteiger charge is 2.59. The molecule has 2 unspecified atom stereocenters. The van der Waals surface area contributed by atoms with Crippen LogP contribution in [0.5, 0.6) is 5.75 Å². The predicted molar refractivity (Wildman–Crippen MR) is 124 cm³/mol. The van der Waals surface area contributed by atoms with Gasteiger partial charge < -0.3 is 20.1 Å². The van der Waals surface area contributed by atoms with E-state index in [9.17, 15) is 9.59 Å². The lowest BCUT2D eigenvalue weighted by molar-refractivity contribution is -0.133. The fraction of sp³-hybridized carbons (Fsp3) is 0.360. The Morgan fingerprint density at radius 2 is 1.97 bits per heavy atom. The normalized spacial score (nSPS) is 22.1. The van der Waals surface area contributed by atoms with E-state index in [0.717, 1.165) is 33.5 Å². The van der Waals surface area contributed by atoms with E-state index in [-0.39, 0.29) is 25.1 Å². The molecule has 0 saturated carbocycles. The summed E-state index contributed by atoms with van der Waals surface area (Å²) >= 11 is 0. The molecule has 0 bridgehead atoms. The topological polar surface area (TPSA) is 97.9 Å². The number of carbonyl (C=O) groups excluding carboxylic acids is 2.